The Kier molecular flexibility index (Phi) is 7.24. The average Bonchev–Trinajstić information content (AvgIpc) is 3.47. The smallest absolute Gasteiger partial charge is 0.229 e. The van der Waals surface area contributed by atoms with Crippen LogP contribution in [0.25, 0.3) is 33.5 Å². The van der Waals surface area contributed by atoms with Crippen LogP contribution in [0.5, 0.6) is 0 Å². The molecule has 0 bridgehead atoms. The second-order valence-electron chi connectivity index (χ2n) is 8.48. The molecule has 0 unspecified atom stereocenters. The number of benzene rings is 2. The van der Waals surface area contributed by atoms with E-state index in [1.165, 1.54) is 0 Å². The Balaban J connectivity index is 0.000000158. The van der Waals surface area contributed by atoms with E-state index in [1.807, 2.05) is 71.4 Å². The quantitative estimate of drug-likeness (QED) is 0.226. The van der Waals surface area contributed by atoms with Crippen LogP contribution in [-0.2, 0) is 10.0 Å². The summed E-state index contributed by atoms with van der Waals surface area (Å²) in [6.45, 7) is 0. The minimum absolute atomic E-state index is 0.449. The molecule has 192 valence electrons. The molecule has 11 heteroatoms. The number of fused-ring (bicyclic) bond motifs is 2. The summed E-state index contributed by atoms with van der Waals surface area (Å²) in [4.78, 5) is 8.47. The largest absolute Gasteiger partial charge is 0.396 e. The zero-order chi connectivity index (χ0) is 26.9. The minimum Gasteiger partial charge on any atom is -0.396 e. The predicted molar refractivity (Wildman–Crippen MR) is 160 cm³/mol. The van der Waals surface area contributed by atoms with Crippen molar-refractivity contribution in [2.24, 2.45) is 0 Å². The van der Waals surface area contributed by atoms with Crippen molar-refractivity contribution in [1.29, 1.82) is 0 Å². The molecule has 0 amide bonds. The lowest BCUT2D eigenvalue weighted by Crippen LogP contribution is -2.11. The third kappa shape index (κ3) is 5.59. The number of sulfonamides is 1. The van der Waals surface area contributed by atoms with E-state index in [2.05, 4.69) is 58.7 Å². The molecule has 0 spiro atoms. The zero-order valence-corrected chi connectivity index (χ0v) is 24.1. The minimum atomic E-state index is -3.38. The number of nitrogens with one attached hydrogen (secondary N) is 1. The normalized spacial score (nSPS) is 11.3. The summed E-state index contributed by atoms with van der Waals surface area (Å²) in [5, 5.41) is 0. The van der Waals surface area contributed by atoms with E-state index in [4.69, 9.17) is 5.73 Å². The van der Waals surface area contributed by atoms with Gasteiger partial charge in [-0.3, -0.25) is 13.5 Å². The molecule has 3 N–H and O–H groups in total. The van der Waals surface area contributed by atoms with Crippen LogP contribution in [0.3, 0.4) is 0 Å². The van der Waals surface area contributed by atoms with Gasteiger partial charge in [0.15, 0.2) is 11.3 Å². The van der Waals surface area contributed by atoms with Crippen LogP contribution >= 0.6 is 31.9 Å². The predicted octanol–water partition coefficient (Wildman–Crippen LogP) is 6.48. The number of nitrogens with zero attached hydrogens (tertiary/aromatic N) is 4. The van der Waals surface area contributed by atoms with E-state index in [9.17, 15) is 8.42 Å². The molecule has 0 atom stereocenters. The first-order valence-corrected chi connectivity index (χ1v) is 14.8. The van der Waals surface area contributed by atoms with Gasteiger partial charge >= 0.3 is 0 Å². The van der Waals surface area contributed by atoms with Gasteiger partial charge in [0.05, 0.1) is 30.0 Å². The van der Waals surface area contributed by atoms with Crippen molar-refractivity contribution < 1.29 is 8.42 Å². The SMILES string of the molecule is CS(=O)(=O)Nc1cc(-c2ccccc2)cn2c(Br)cnc12.Nc1cc(-c2ccccc2)cn2c(Br)cnc12. The Hall–Kier alpha value is -3.67. The van der Waals surface area contributed by atoms with E-state index >= 15 is 0 Å². The number of aromatic nitrogens is 4. The number of nitrogen functional groups attached to an aromatic ring is 1. The van der Waals surface area contributed by atoms with Gasteiger partial charge in [-0.25, -0.2) is 18.4 Å². The van der Waals surface area contributed by atoms with Crippen molar-refractivity contribution in [2.45, 2.75) is 0 Å². The van der Waals surface area contributed by atoms with Crippen molar-refractivity contribution in [1.82, 2.24) is 18.8 Å². The maximum Gasteiger partial charge on any atom is 0.229 e. The number of hydrogen-bond donors (Lipinski definition) is 2. The first-order chi connectivity index (χ1) is 18.2. The summed E-state index contributed by atoms with van der Waals surface area (Å²) >= 11 is 6.86. The molecule has 6 aromatic rings. The van der Waals surface area contributed by atoms with Crippen molar-refractivity contribution in [3.63, 3.8) is 0 Å². The van der Waals surface area contributed by atoms with Gasteiger partial charge in [-0.2, -0.15) is 0 Å². The Bertz CT molecular complexity index is 1850. The highest BCUT2D eigenvalue weighted by molar-refractivity contribution is 9.10. The van der Waals surface area contributed by atoms with Gasteiger partial charge in [0.25, 0.3) is 0 Å². The lowest BCUT2D eigenvalue weighted by Gasteiger charge is -2.10. The van der Waals surface area contributed by atoms with Crippen molar-refractivity contribution in [2.75, 3.05) is 16.7 Å². The topological polar surface area (TPSA) is 107 Å². The molecule has 0 saturated heterocycles. The third-order valence-corrected chi connectivity index (χ3v) is 7.42. The number of nitrogens with two attached hydrogens (primary N) is 1. The molecule has 0 aliphatic carbocycles. The van der Waals surface area contributed by atoms with Gasteiger partial charge < -0.3 is 5.73 Å². The van der Waals surface area contributed by atoms with E-state index in [1.54, 1.807) is 22.9 Å². The number of rotatable bonds is 4. The Morgan fingerprint density at radius 3 is 1.74 bits per heavy atom. The second kappa shape index (κ2) is 10.6. The Labute approximate surface area is 236 Å². The second-order valence-corrected chi connectivity index (χ2v) is 11.9. The number of hydrogen-bond acceptors (Lipinski definition) is 5. The molecule has 6 rings (SSSR count). The molecule has 4 aromatic heterocycles. The summed E-state index contributed by atoms with van der Waals surface area (Å²) < 4.78 is 31.0. The van der Waals surface area contributed by atoms with E-state index in [0.29, 0.717) is 17.0 Å². The molecule has 0 saturated carbocycles. The molecule has 2 aromatic carbocycles. The Morgan fingerprint density at radius 2 is 1.21 bits per heavy atom. The molecular weight excluding hydrogens is 632 g/mol. The van der Waals surface area contributed by atoms with E-state index in [-0.39, 0.29) is 0 Å². The summed E-state index contributed by atoms with van der Waals surface area (Å²) in [5.74, 6) is 0. The molecule has 4 heterocycles. The summed E-state index contributed by atoms with van der Waals surface area (Å²) in [7, 11) is -3.38. The number of halogens is 2. The number of anilines is 2. The average molecular weight is 654 g/mol. The maximum atomic E-state index is 11.5. The Morgan fingerprint density at radius 1 is 0.737 bits per heavy atom. The first-order valence-electron chi connectivity index (χ1n) is 11.4. The lowest BCUT2D eigenvalue weighted by molar-refractivity contribution is 0.607. The number of imidazole rings is 2. The van der Waals surface area contributed by atoms with E-state index in [0.717, 1.165) is 43.4 Å². The molecular formula is C27H22Br2N6O2S. The van der Waals surface area contributed by atoms with Crippen LogP contribution in [0.2, 0.25) is 0 Å². The van der Waals surface area contributed by atoms with Crippen molar-refractivity contribution >= 4 is 64.6 Å². The molecule has 8 nitrogen and oxygen atoms in total. The number of pyridine rings is 2. The van der Waals surface area contributed by atoms with Crippen LogP contribution in [0.4, 0.5) is 11.4 Å². The van der Waals surface area contributed by atoms with Gasteiger partial charge in [0.2, 0.25) is 10.0 Å². The van der Waals surface area contributed by atoms with Gasteiger partial charge in [-0.05, 0) is 55.1 Å². The fourth-order valence-electron chi connectivity index (χ4n) is 4.00. The highest BCUT2D eigenvalue weighted by Crippen LogP contribution is 2.29. The van der Waals surface area contributed by atoms with Crippen molar-refractivity contribution in [3.8, 4) is 22.3 Å². The molecule has 0 radical (unpaired) electrons. The first kappa shape index (κ1) is 26.0. The molecule has 0 aliphatic heterocycles. The van der Waals surface area contributed by atoms with Gasteiger partial charge in [-0.15, -0.1) is 0 Å². The highest BCUT2D eigenvalue weighted by atomic mass is 79.9. The van der Waals surface area contributed by atoms with Crippen LogP contribution in [0.15, 0.2) is 107 Å². The van der Waals surface area contributed by atoms with Crippen LogP contribution in [0.1, 0.15) is 0 Å². The van der Waals surface area contributed by atoms with Crippen LogP contribution in [0, 0.1) is 0 Å². The summed E-state index contributed by atoms with van der Waals surface area (Å²) in [6.07, 6.45) is 8.45. The monoisotopic (exact) mass is 652 g/mol. The van der Waals surface area contributed by atoms with Crippen molar-refractivity contribution in [3.05, 3.63) is 107 Å². The summed E-state index contributed by atoms with van der Waals surface area (Å²) in [5.41, 5.74) is 12.6. The fraction of sp³-hybridized carbons (Fsp3) is 0.0370. The van der Waals surface area contributed by atoms with E-state index < -0.39 is 10.0 Å². The van der Waals surface area contributed by atoms with Crippen LogP contribution < -0.4 is 10.5 Å². The van der Waals surface area contributed by atoms with Gasteiger partial charge in [0.1, 0.15) is 9.21 Å². The zero-order valence-electron chi connectivity index (χ0n) is 20.1. The molecule has 0 fully saturated rings. The third-order valence-electron chi connectivity index (χ3n) is 5.66. The highest BCUT2D eigenvalue weighted by Gasteiger charge is 2.13. The van der Waals surface area contributed by atoms with Gasteiger partial charge in [-0.1, -0.05) is 60.7 Å². The molecule has 0 aliphatic rings. The fourth-order valence-corrected chi connectivity index (χ4v) is 5.29. The maximum absolute atomic E-state index is 11.5. The standard InChI is InChI=1S/C14H12BrN3O2S.C13H10BrN3/c1-21(19,20)17-12-7-11(10-5-3-2-4-6-10)9-18-13(15)8-16-14(12)18;14-12-7-16-13-11(15)6-10(8-17(12)13)9-4-2-1-3-5-9/h2-9,17H,1H3;1-8H,15H2. The lowest BCUT2D eigenvalue weighted by atomic mass is 10.1. The van der Waals surface area contributed by atoms with Crippen LogP contribution in [-0.4, -0.2) is 33.4 Å². The molecule has 38 heavy (non-hydrogen) atoms. The van der Waals surface area contributed by atoms with Gasteiger partial charge in [0, 0.05) is 23.5 Å². The summed E-state index contributed by atoms with van der Waals surface area (Å²) in [6, 6.07) is 23.6.